The smallest absolute Gasteiger partial charge is 0.123 e. The van der Waals surface area contributed by atoms with Gasteiger partial charge in [0, 0.05) is 13.7 Å². The summed E-state index contributed by atoms with van der Waals surface area (Å²) in [6, 6.07) is 6.90. The number of ether oxygens (including phenoxy) is 1. The molecule has 1 N–H and O–H groups in total. The van der Waals surface area contributed by atoms with Crippen molar-refractivity contribution in [1.29, 1.82) is 0 Å². The van der Waals surface area contributed by atoms with Crippen molar-refractivity contribution in [3.05, 3.63) is 35.6 Å². The average molecular weight is 267 g/mol. The van der Waals surface area contributed by atoms with Crippen LogP contribution in [-0.2, 0) is 11.2 Å². The van der Waals surface area contributed by atoms with Crippen LogP contribution in [0.5, 0.6) is 0 Å². The van der Waals surface area contributed by atoms with Gasteiger partial charge in [-0.2, -0.15) is 0 Å². The van der Waals surface area contributed by atoms with Crippen molar-refractivity contribution >= 4 is 0 Å². The van der Waals surface area contributed by atoms with E-state index in [0.717, 1.165) is 31.7 Å². The fourth-order valence-corrected chi connectivity index (χ4v) is 2.08. The number of nitrogens with one attached hydrogen (secondary N) is 1. The van der Waals surface area contributed by atoms with Gasteiger partial charge in [0.25, 0.3) is 0 Å². The highest BCUT2D eigenvalue weighted by molar-refractivity contribution is 5.17. The van der Waals surface area contributed by atoms with Crippen LogP contribution in [0, 0.1) is 17.2 Å². The lowest BCUT2D eigenvalue weighted by molar-refractivity contribution is 0.186. The Labute approximate surface area is 116 Å². The zero-order valence-corrected chi connectivity index (χ0v) is 12.5. The van der Waals surface area contributed by atoms with Gasteiger partial charge in [-0.1, -0.05) is 32.9 Å². The highest BCUT2D eigenvalue weighted by Gasteiger charge is 2.24. The Hall–Kier alpha value is -0.930. The lowest BCUT2D eigenvalue weighted by Crippen LogP contribution is -2.34. The summed E-state index contributed by atoms with van der Waals surface area (Å²) < 4.78 is 18.3. The van der Waals surface area contributed by atoms with Gasteiger partial charge < -0.3 is 10.1 Å². The molecule has 0 aliphatic heterocycles. The molecule has 1 aromatic rings. The van der Waals surface area contributed by atoms with Crippen LogP contribution in [0.25, 0.3) is 0 Å². The van der Waals surface area contributed by atoms with E-state index < -0.39 is 0 Å². The highest BCUT2D eigenvalue weighted by Crippen LogP contribution is 2.28. The number of methoxy groups -OCH3 is 1. The normalized spacial score (nSPS) is 13.5. The van der Waals surface area contributed by atoms with E-state index in [1.54, 1.807) is 19.2 Å². The third kappa shape index (κ3) is 6.17. The predicted octanol–water partition coefficient (Wildman–Crippen LogP) is 3.27. The van der Waals surface area contributed by atoms with E-state index >= 15 is 0 Å². The molecular weight excluding hydrogens is 241 g/mol. The Kier molecular flexibility index (Phi) is 6.46. The Morgan fingerprint density at radius 3 is 2.63 bits per heavy atom. The van der Waals surface area contributed by atoms with Crippen LogP contribution in [0.2, 0.25) is 0 Å². The van der Waals surface area contributed by atoms with Crippen LogP contribution in [-0.4, -0.2) is 26.8 Å². The van der Waals surface area contributed by atoms with E-state index in [1.807, 2.05) is 6.07 Å². The van der Waals surface area contributed by atoms with Crippen molar-refractivity contribution in [1.82, 2.24) is 5.32 Å². The quantitative estimate of drug-likeness (QED) is 0.766. The van der Waals surface area contributed by atoms with Gasteiger partial charge in [-0.05, 0) is 42.0 Å². The van der Waals surface area contributed by atoms with Gasteiger partial charge in [-0.25, -0.2) is 4.39 Å². The van der Waals surface area contributed by atoms with Crippen LogP contribution in [0.15, 0.2) is 24.3 Å². The molecule has 0 fully saturated rings. The summed E-state index contributed by atoms with van der Waals surface area (Å²) in [5.41, 5.74) is 1.25. The molecule has 0 aliphatic carbocycles. The summed E-state index contributed by atoms with van der Waals surface area (Å²) in [5, 5.41) is 3.41. The predicted molar refractivity (Wildman–Crippen MR) is 77.8 cm³/mol. The van der Waals surface area contributed by atoms with Gasteiger partial charge in [0.2, 0.25) is 0 Å². The molecule has 1 aromatic carbocycles. The SMILES string of the molecule is COCCNCC(Cc1cccc(F)c1)C(C)(C)C. The lowest BCUT2D eigenvalue weighted by Gasteiger charge is -2.31. The van der Waals surface area contributed by atoms with Crippen LogP contribution < -0.4 is 5.32 Å². The third-order valence-corrected chi connectivity index (χ3v) is 3.47. The molecule has 0 heterocycles. The first kappa shape index (κ1) is 16.1. The van der Waals surface area contributed by atoms with Crippen molar-refractivity contribution in [2.24, 2.45) is 11.3 Å². The van der Waals surface area contributed by atoms with Gasteiger partial charge in [0.05, 0.1) is 6.61 Å². The minimum absolute atomic E-state index is 0.155. The Bertz CT molecular complexity index is 373. The summed E-state index contributed by atoms with van der Waals surface area (Å²) in [6.07, 6.45) is 0.890. The maximum Gasteiger partial charge on any atom is 0.123 e. The van der Waals surface area contributed by atoms with E-state index in [-0.39, 0.29) is 11.2 Å². The molecule has 1 unspecified atom stereocenters. The van der Waals surface area contributed by atoms with Crippen molar-refractivity contribution in [3.63, 3.8) is 0 Å². The second kappa shape index (κ2) is 7.61. The van der Waals surface area contributed by atoms with Crippen molar-refractivity contribution < 1.29 is 9.13 Å². The summed E-state index contributed by atoms with van der Waals surface area (Å²) >= 11 is 0. The van der Waals surface area contributed by atoms with E-state index in [2.05, 4.69) is 26.1 Å². The molecule has 0 bridgehead atoms. The van der Waals surface area contributed by atoms with Gasteiger partial charge in [-0.15, -0.1) is 0 Å². The molecule has 3 heteroatoms. The first-order valence-corrected chi connectivity index (χ1v) is 6.87. The van der Waals surface area contributed by atoms with Gasteiger partial charge in [-0.3, -0.25) is 0 Å². The summed E-state index contributed by atoms with van der Waals surface area (Å²) in [5.74, 6) is 0.309. The fraction of sp³-hybridized carbons (Fsp3) is 0.625. The topological polar surface area (TPSA) is 21.3 Å². The first-order chi connectivity index (χ1) is 8.93. The molecule has 19 heavy (non-hydrogen) atoms. The largest absolute Gasteiger partial charge is 0.383 e. The minimum atomic E-state index is -0.155. The van der Waals surface area contributed by atoms with Gasteiger partial charge in [0.15, 0.2) is 0 Å². The van der Waals surface area contributed by atoms with Crippen molar-refractivity contribution in [2.75, 3.05) is 26.8 Å². The van der Waals surface area contributed by atoms with Crippen LogP contribution in [0.4, 0.5) is 4.39 Å². The molecule has 0 saturated carbocycles. The van der Waals surface area contributed by atoms with Gasteiger partial charge >= 0.3 is 0 Å². The molecule has 1 atom stereocenters. The first-order valence-electron chi connectivity index (χ1n) is 6.87. The number of benzene rings is 1. The summed E-state index contributed by atoms with van der Waals surface area (Å²) in [6.45, 7) is 9.19. The van der Waals surface area contributed by atoms with E-state index in [1.165, 1.54) is 6.07 Å². The number of hydrogen-bond donors (Lipinski definition) is 1. The van der Waals surface area contributed by atoms with Crippen LogP contribution in [0.3, 0.4) is 0 Å². The number of halogens is 1. The molecule has 1 rings (SSSR count). The molecule has 108 valence electrons. The molecule has 0 spiro atoms. The monoisotopic (exact) mass is 267 g/mol. The molecular formula is C16H26FNO. The van der Waals surface area contributed by atoms with E-state index in [9.17, 15) is 4.39 Å². The van der Waals surface area contributed by atoms with E-state index in [0.29, 0.717) is 5.92 Å². The molecule has 0 amide bonds. The highest BCUT2D eigenvalue weighted by atomic mass is 19.1. The van der Waals surface area contributed by atoms with Crippen LogP contribution in [0.1, 0.15) is 26.3 Å². The van der Waals surface area contributed by atoms with Crippen LogP contribution >= 0.6 is 0 Å². The molecule has 0 aliphatic rings. The molecule has 0 aromatic heterocycles. The standard InChI is InChI=1S/C16H26FNO/c1-16(2,3)14(12-18-8-9-19-4)10-13-6-5-7-15(17)11-13/h5-7,11,14,18H,8-10,12H2,1-4H3. The molecule has 0 saturated heterocycles. The third-order valence-electron chi connectivity index (χ3n) is 3.47. The van der Waals surface area contributed by atoms with E-state index in [4.69, 9.17) is 4.74 Å². The summed E-state index contributed by atoms with van der Waals surface area (Å²) in [7, 11) is 1.70. The fourth-order valence-electron chi connectivity index (χ4n) is 2.08. The Balaban J connectivity index is 2.59. The maximum absolute atomic E-state index is 13.2. The van der Waals surface area contributed by atoms with Crippen molar-refractivity contribution in [3.8, 4) is 0 Å². The lowest BCUT2D eigenvalue weighted by atomic mass is 9.77. The maximum atomic E-state index is 13.2. The number of rotatable bonds is 7. The van der Waals surface area contributed by atoms with Crippen molar-refractivity contribution in [2.45, 2.75) is 27.2 Å². The zero-order valence-electron chi connectivity index (χ0n) is 12.5. The Morgan fingerprint density at radius 2 is 2.05 bits per heavy atom. The molecule has 2 nitrogen and oxygen atoms in total. The molecule has 0 radical (unpaired) electrons. The minimum Gasteiger partial charge on any atom is -0.383 e. The second-order valence-electron chi connectivity index (χ2n) is 6.09. The van der Waals surface area contributed by atoms with Gasteiger partial charge in [0.1, 0.15) is 5.82 Å². The Morgan fingerprint density at radius 1 is 1.32 bits per heavy atom. The second-order valence-corrected chi connectivity index (χ2v) is 6.09. The average Bonchev–Trinajstić information content (AvgIpc) is 2.32. The summed E-state index contributed by atoms with van der Waals surface area (Å²) in [4.78, 5) is 0. The zero-order chi connectivity index (χ0) is 14.3. The number of hydrogen-bond acceptors (Lipinski definition) is 2.